The van der Waals surface area contributed by atoms with Gasteiger partial charge in [0.05, 0.1) is 18.0 Å². The third-order valence-electron chi connectivity index (χ3n) is 6.86. The number of benzene rings is 1. The second kappa shape index (κ2) is 11.8. The highest BCUT2D eigenvalue weighted by atomic mass is 32.2. The number of hydrogen-bond acceptors (Lipinski definition) is 5. The van der Waals surface area contributed by atoms with Gasteiger partial charge in [0.2, 0.25) is 15.9 Å². The summed E-state index contributed by atoms with van der Waals surface area (Å²) in [6.45, 7) is 12.3. The molecule has 1 saturated heterocycles. The molecule has 0 saturated carbocycles. The molecule has 2 heterocycles. The molecular formula is C28H41FN4O3S. The first-order valence-electron chi connectivity index (χ1n) is 13.1. The normalized spacial score (nSPS) is 16.2. The van der Waals surface area contributed by atoms with E-state index >= 15 is 0 Å². The summed E-state index contributed by atoms with van der Waals surface area (Å²) >= 11 is 0. The molecule has 7 nitrogen and oxygen atoms in total. The Morgan fingerprint density at radius 2 is 1.81 bits per heavy atom. The Balaban J connectivity index is 1.77. The Bertz CT molecular complexity index is 1200. The number of pyridine rings is 1. The summed E-state index contributed by atoms with van der Waals surface area (Å²) in [5, 5.41) is 2.98. The maximum atomic E-state index is 14.5. The van der Waals surface area contributed by atoms with E-state index in [2.05, 4.69) is 54.8 Å². The van der Waals surface area contributed by atoms with Crippen molar-refractivity contribution in [2.45, 2.75) is 84.1 Å². The number of carbonyl (C=O) groups excluding carboxylic acids is 1. The van der Waals surface area contributed by atoms with Gasteiger partial charge >= 0.3 is 0 Å². The molecule has 0 radical (unpaired) electrons. The number of nitrogens with zero attached hydrogens (tertiary/aromatic N) is 2. The van der Waals surface area contributed by atoms with E-state index in [9.17, 15) is 17.6 Å². The summed E-state index contributed by atoms with van der Waals surface area (Å²) in [6.07, 6.45) is 5.58. The predicted molar refractivity (Wildman–Crippen MR) is 148 cm³/mol. The minimum Gasteiger partial charge on any atom is -0.356 e. The van der Waals surface area contributed by atoms with Crippen LogP contribution < -0.4 is 14.9 Å². The molecule has 0 bridgehead atoms. The summed E-state index contributed by atoms with van der Waals surface area (Å²) in [5.41, 5.74) is 2.51. The van der Waals surface area contributed by atoms with E-state index in [1.54, 1.807) is 13.0 Å². The molecule has 1 aliphatic rings. The Kier molecular flexibility index (Phi) is 9.21. The summed E-state index contributed by atoms with van der Waals surface area (Å²) in [5.74, 6) is 0.189. The van der Waals surface area contributed by atoms with E-state index in [1.165, 1.54) is 18.6 Å². The van der Waals surface area contributed by atoms with Crippen molar-refractivity contribution in [2.24, 2.45) is 0 Å². The van der Waals surface area contributed by atoms with Crippen LogP contribution in [0.25, 0.3) is 0 Å². The van der Waals surface area contributed by atoms with Gasteiger partial charge in [-0.3, -0.25) is 9.52 Å². The Hall–Kier alpha value is -2.68. The second-order valence-electron chi connectivity index (χ2n) is 11.1. The number of sulfonamides is 1. The average molecular weight is 533 g/mol. The zero-order valence-corrected chi connectivity index (χ0v) is 23.7. The smallest absolute Gasteiger partial charge is 0.229 e. The van der Waals surface area contributed by atoms with Crippen molar-refractivity contribution < 1.29 is 17.6 Å². The fourth-order valence-corrected chi connectivity index (χ4v) is 5.28. The summed E-state index contributed by atoms with van der Waals surface area (Å²) in [4.78, 5) is 20.6. The standard InChI is InChI=1S/C28H41FN4O3S/c1-7-20(22-12-14-25(28(3,4)5)31-27(22)33-15-9-8-10-16-33)18-26(34)30-19(2)21-11-13-24(23(29)17-21)32-37(6,35)36/h11-14,17,19-20,32H,7-10,15-16,18H2,1-6H3,(H,30,34)/t19-,20?/m1/s1. The molecule has 1 aromatic carbocycles. The summed E-state index contributed by atoms with van der Waals surface area (Å²) < 4.78 is 39.4. The maximum Gasteiger partial charge on any atom is 0.229 e. The van der Waals surface area contributed by atoms with E-state index in [4.69, 9.17) is 4.98 Å². The molecule has 37 heavy (non-hydrogen) atoms. The largest absolute Gasteiger partial charge is 0.356 e. The Labute approximate surface area is 221 Å². The van der Waals surface area contributed by atoms with E-state index < -0.39 is 21.9 Å². The van der Waals surface area contributed by atoms with E-state index in [-0.39, 0.29) is 22.9 Å². The van der Waals surface area contributed by atoms with Crippen LogP contribution in [0.15, 0.2) is 30.3 Å². The third kappa shape index (κ3) is 7.90. The van der Waals surface area contributed by atoms with Crippen LogP contribution in [-0.2, 0) is 20.2 Å². The van der Waals surface area contributed by atoms with Crippen LogP contribution in [0.1, 0.15) is 95.5 Å². The van der Waals surface area contributed by atoms with Crippen LogP contribution in [-0.4, -0.2) is 38.7 Å². The van der Waals surface area contributed by atoms with Crippen molar-refractivity contribution in [1.82, 2.24) is 10.3 Å². The Morgan fingerprint density at radius 1 is 1.14 bits per heavy atom. The number of rotatable bonds is 9. The van der Waals surface area contributed by atoms with Gasteiger partial charge in [-0.25, -0.2) is 17.8 Å². The quantitative estimate of drug-likeness (QED) is 0.436. The van der Waals surface area contributed by atoms with Gasteiger partial charge in [0, 0.05) is 30.6 Å². The fourth-order valence-electron chi connectivity index (χ4n) is 4.72. The van der Waals surface area contributed by atoms with Crippen molar-refractivity contribution >= 4 is 27.4 Å². The maximum absolute atomic E-state index is 14.5. The summed E-state index contributed by atoms with van der Waals surface area (Å²) in [7, 11) is -3.59. The second-order valence-corrected chi connectivity index (χ2v) is 12.9. The van der Waals surface area contributed by atoms with E-state index in [0.717, 1.165) is 55.7 Å². The number of halogens is 1. The number of amides is 1. The lowest BCUT2D eigenvalue weighted by Crippen LogP contribution is -2.33. The Morgan fingerprint density at radius 3 is 2.38 bits per heavy atom. The number of nitrogens with one attached hydrogen (secondary N) is 2. The molecule has 3 rings (SSSR count). The van der Waals surface area contributed by atoms with Gasteiger partial charge in [-0.2, -0.15) is 0 Å². The molecule has 1 aromatic heterocycles. The van der Waals surface area contributed by atoms with Crippen LogP contribution in [0, 0.1) is 5.82 Å². The fraction of sp³-hybridized carbons (Fsp3) is 0.571. The highest BCUT2D eigenvalue weighted by molar-refractivity contribution is 7.92. The molecule has 2 N–H and O–H groups in total. The van der Waals surface area contributed by atoms with Crippen LogP contribution >= 0.6 is 0 Å². The third-order valence-corrected chi connectivity index (χ3v) is 7.45. The number of anilines is 2. The van der Waals surface area contributed by atoms with Crippen molar-refractivity contribution in [3.05, 3.63) is 53.0 Å². The molecule has 9 heteroatoms. The summed E-state index contributed by atoms with van der Waals surface area (Å²) in [6, 6.07) is 8.03. The van der Waals surface area contributed by atoms with Crippen LogP contribution in [0.2, 0.25) is 0 Å². The number of carbonyl (C=O) groups is 1. The van der Waals surface area contributed by atoms with Gasteiger partial charge in [-0.15, -0.1) is 0 Å². The first-order valence-corrected chi connectivity index (χ1v) is 15.0. The van der Waals surface area contributed by atoms with Crippen molar-refractivity contribution in [1.29, 1.82) is 0 Å². The monoisotopic (exact) mass is 532 g/mol. The zero-order chi connectivity index (χ0) is 27.4. The van der Waals surface area contributed by atoms with Gasteiger partial charge in [0.1, 0.15) is 11.6 Å². The lowest BCUT2D eigenvalue weighted by atomic mass is 9.88. The average Bonchev–Trinajstić information content (AvgIpc) is 2.82. The lowest BCUT2D eigenvalue weighted by Gasteiger charge is -2.33. The first-order chi connectivity index (χ1) is 17.3. The molecule has 1 fully saturated rings. The topological polar surface area (TPSA) is 91.4 Å². The van der Waals surface area contributed by atoms with Crippen molar-refractivity contribution in [3.63, 3.8) is 0 Å². The lowest BCUT2D eigenvalue weighted by molar-refractivity contribution is -0.122. The van der Waals surface area contributed by atoms with E-state index in [0.29, 0.717) is 12.0 Å². The van der Waals surface area contributed by atoms with Gasteiger partial charge < -0.3 is 10.2 Å². The highest BCUT2D eigenvalue weighted by Gasteiger charge is 2.26. The van der Waals surface area contributed by atoms with Gasteiger partial charge in [0.15, 0.2) is 0 Å². The minimum absolute atomic E-state index is 0.00344. The van der Waals surface area contributed by atoms with Crippen LogP contribution in [0.4, 0.5) is 15.9 Å². The molecule has 1 unspecified atom stereocenters. The molecule has 1 aliphatic heterocycles. The van der Waals surface area contributed by atoms with Crippen molar-refractivity contribution in [2.75, 3.05) is 29.0 Å². The van der Waals surface area contributed by atoms with E-state index in [1.807, 2.05) is 0 Å². The molecular weight excluding hydrogens is 491 g/mol. The van der Waals surface area contributed by atoms with Crippen LogP contribution in [0.3, 0.4) is 0 Å². The SMILES string of the molecule is CCC(CC(=O)N[C@H](C)c1ccc(NS(C)(=O)=O)c(F)c1)c1ccc(C(C)(C)C)nc1N1CCCCC1. The first kappa shape index (κ1) is 28.9. The van der Waals surface area contributed by atoms with Gasteiger partial charge in [0.25, 0.3) is 0 Å². The minimum atomic E-state index is -3.59. The van der Waals surface area contributed by atoms with Gasteiger partial charge in [-0.1, -0.05) is 39.8 Å². The van der Waals surface area contributed by atoms with Gasteiger partial charge in [-0.05, 0) is 67.9 Å². The number of aromatic nitrogens is 1. The molecule has 2 aromatic rings. The number of hydrogen-bond donors (Lipinski definition) is 2. The zero-order valence-electron chi connectivity index (χ0n) is 22.9. The molecule has 1 amide bonds. The highest BCUT2D eigenvalue weighted by Crippen LogP contribution is 2.35. The molecule has 2 atom stereocenters. The number of piperidine rings is 1. The molecule has 204 valence electrons. The predicted octanol–water partition coefficient (Wildman–Crippen LogP) is 5.64. The van der Waals surface area contributed by atoms with Crippen LogP contribution in [0.5, 0.6) is 0 Å². The molecule has 0 aliphatic carbocycles. The molecule has 0 spiro atoms. The van der Waals surface area contributed by atoms with Crippen molar-refractivity contribution in [3.8, 4) is 0 Å².